The first-order chi connectivity index (χ1) is 9.27. The van der Waals surface area contributed by atoms with E-state index in [1.54, 1.807) is 11.9 Å². The maximum Gasteiger partial charge on any atom is 0.433 e. The lowest BCUT2D eigenvalue weighted by Crippen LogP contribution is -2.11. The van der Waals surface area contributed by atoms with Crippen LogP contribution in [0.1, 0.15) is 11.4 Å². The summed E-state index contributed by atoms with van der Waals surface area (Å²) in [7, 11) is 5.21. The van der Waals surface area contributed by atoms with Crippen LogP contribution in [0.5, 0.6) is 0 Å². The van der Waals surface area contributed by atoms with Crippen molar-refractivity contribution in [2.24, 2.45) is 7.05 Å². The van der Waals surface area contributed by atoms with Gasteiger partial charge in [0, 0.05) is 22.6 Å². The first-order valence-electron chi connectivity index (χ1n) is 5.78. The molecule has 0 radical (unpaired) electrons. The molecule has 8 heteroatoms. The van der Waals surface area contributed by atoms with Crippen molar-refractivity contribution in [3.63, 3.8) is 0 Å². The Balaban J connectivity index is 2.22. The molecule has 1 aliphatic rings. The number of alkyl halides is 3. The van der Waals surface area contributed by atoms with Crippen LogP contribution in [-0.4, -0.2) is 33.9 Å². The normalized spacial score (nSPS) is 16.4. The fraction of sp³-hybridized carbons (Fsp3) is 0.417. The number of aryl methyl sites for hydroxylation is 1. The molecule has 1 aromatic rings. The molecule has 3 nitrogen and oxygen atoms in total. The van der Waals surface area contributed by atoms with Crippen LogP contribution < -0.4 is 0 Å². The quantitative estimate of drug-likeness (QED) is 0.792. The van der Waals surface area contributed by atoms with E-state index >= 15 is 0 Å². The van der Waals surface area contributed by atoms with Gasteiger partial charge in [0.05, 0.1) is 5.69 Å². The van der Waals surface area contributed by atoms with Crippen molar-refractivity contribution in [2.45, 2.75) is 6.18 Å². The fourth-order valence-corrected chi connectivity index (χ4v) is 3.51. The van der Waals surface area contributed by atoms with Crippen molar-refractivity contribution in [1.82, 2.24) is 14.1 Å². The van der Waals surface area contributed by atoms with Crippen molar-refractivity contribution in [2.75, 3.05) is 19.8 Å². The summed E-state index contributed by atoms with van der Waals surface area (Å²) in [5.74, 6) is 0.743. The second-order valence-electron chi connectivity index (χ2n) is 4.39. The second kappa shape index (κ2) is 5.87. The van der Waals surface area contributed by atoms with Crippen molar-refractivity contribution in [1.29, 1.82) is 0 Å². The molecule has 0 atom stereocenters. The topological polar surface area (TPSA) is 21.1 Å². The molecule has 0 spiro atoms. The molecule has 20 heavy (non-hydrogen) atoms. The van der Waals surface area contributed by atoms with Gasteiger partial charge in [0.25, 0.3) is 0 Å². The van der Waals surface area contributed by atoms with Crippen LogP contribution in [0.2, 0.25) is 0 Å². The second-order valence-corrected chi connectivity index (χ2v) is 6.85. The van der Waals surface area contributed by atoms with E-state index in [-0.39, 0.29) is 0 Å². The summed E-state index contributed by atoms with van der Waals surface area (Å²) in [5.41, 5.74) is -0.360. The fourth-order valence-electron chi connectivity index (χ4n) is 1.72. The summed E-state index contributed by atoms with van der Waals surface area (Å²) < 4.78 is 41.0. The Hall–Kier alpha value is -0.860. The standard InChI is InChI=1S/C12H14F3N3S2/c1-17(2)20-8-4-5-10(19-7-8)9-6-11(12(13,14)15)18(3)16-9/h4-6H,7H2,1-3H3. The summed E-state index contributed by atoms with van der Waals surface area (Å²) in [4.78, 5) is 1.93. The summed E-state index contributed by atoms with van der Waals surface area (Å²) in [5, 5.41) is 3.95. The lowest BCUT2D eigenvalue weighted by Gasteiger charge is -2.15. The van der Waals surface area contributed by atoms with Crippen molar-refractivity contribution >= 4 is 28.6 Å². The monoisotopic (exact) mass is 321 g/mol. The number of aromatic nitrogens is 2. The maximum absolute atomic E-state index is 12.7. The van der Waals surface area contributed by atoms with Gasteiger partial charge in [0.1, 0.15) is 5.69 Å². The number of halogens is 3. The van der Waals surface area contributed by atoms with Gasteiger partial charge < -0.3 is 0 Å². The SMILES string of the molecule is CN(C)SC1=CC=C(c2cc(C(F)(F)F)n(C)n2)SC1. The van der Waals surface area contributed by atoms with E-state index in [1.807, 2.05) is 30.6 Å². The van der Waals surface area contributed by atoms with Gasteiger partial charge in [-0.3, -0.25) is 8.99 Å². The summed E-state index contributed by atoms with van der Waals surface area (Å²) in [6.45, 7) is 0. The Bertz CT molecular complexity index is 559. The third-order valence-electron chi connectivity index (χ3n) is 2.51. The van der Waals surface area contributed by atoms with Crippen LogP contribution >= 0.6 is 23.7 Å². The van der Waals surface area contributed by atoms with Crippen LogP contribution in [0, 0.1) is 0 Å². The minimum absolute atomic E-state index is 0.370. The molecule has 0 saturated carbocycles. The smallest absolute Gasteiger partial charge is 0.263 e. The van der Waals surface area contributed by atoms with Gasteiger partial charge in [-0.25, -0.2) is 0 Å². The minimum atomic E-state index is -4.37. The molecule has 0 bridgehead atoms. The highest BCUT2D eigenvalue weighted by atomic mass is 32.2. The highest BCUT2D eigenvalue weighted by molar-refractivity contribution is 8.10. The number of hydrogen-bond acceptors (Lipinski definition) is 4. The Morgan fingerprint density at radius 2 is 2.05 bits per heavy atom. The Morgan fingerprint density at radius 1 is 1.35 bits per heavy atom. The van der Waals surface area contributed by atoms with Gasteiger partial charge >= 0.3 is 6.18 Å². The van der Waals surface area contributed by atoms with Crippen molar-refractivity contribution < 1.29 is 13.2 Å². The first kappa shape index (κ1) is 15.5. The first-order valence-corrected chi connectivity index (χ1v) is 7.54. The molecular formula is C12H14F3N3S2. The predicted molar refractivity (Wildman–Crippen MR) is 78.0 cm³/mol. The van der Waals surface area contributed by atoms with Crippen LogP contribution in [0.3, 0.4) is 0 Å². The third kappa shape index (κ3) is 3.62. The Kier molecular flexibility index (Phi) is 4.55. The molecule has 0 amide bonds. The van der Waals surface area contributed by atoms with Gasteiger partial charge in [0.15, 0.2) is 0 Å². The van der Waals surface area contributed by atoms with E-state index < -0.39 is 11.9 Å². The largest absolute Gasteiger partial charge is 0.433 e. The number of rotatable bonds is 3. The molecule has 0 aliphatic carbocycles. The average molecular weight is 321 g/mol. The molecule has 110 valence electrons. The zero-order valence-electron chi connectivity index (χ0n) is 11.2. The molecule has 0 fully saturated rings. The van der Waals surface area contributed by atoms with Crippen molar-refractivity contribution in [3.05, 3.63) is 34.5 Å². The number of nitrogens with zero attached hydrogens (tertiary/aromatic N) is 3. The van der Waals surface area contributed by atoms with Crippen molar-refractivity contribution in [3.8, 4) is 0 Å². The van der Waals surface area contributed by atoms with Crippen LogP contribution in [-0.2, 0) is 13.2 Å². The lowest BCUT2D eigenvalue weighted by molar-refractivity contribution is -0.143. The zero-order chi connectivity index (χ0) is 14.9. The summed E-state index contributed by atoms with van der Waals surface area (Å²) in [6.07, 6.45) is -0.622. The average Bonchev–Trinajstić information content (AvgIpc) is 2.71. The van der Waals surface area contributed by atoms with Gasteiger partial charge in [0.2, 0.25) is 0 Å². The van der Waals surface area contributed by atoms with Crippen LogP contribution in [0.15, 0.2) is 23.1 Å². The van der Waals surface area contributed by atoms with E-state index in [2.05, 4.69) is 5.10 Å². The van der Waals surface area contributed by atoms with E-state index in [9.17, 15) is 13.2 Å². The third-order valence-corrected chi connectivity index (χ3v) is 4.69. The molecule has 1 aromatic heterocycles. The van der Waals surface area contributed by atoms with E-state index in [0.717, 1.165) is 26.3 Å². The summed E-state index contributed by atoms with van der Waals surface area (Å²) in [6, 6.07) is 1.09. The molecule has 2 heterocycles. The zero-order valence-corrected chi connectivity index (χ0v) is 12.9. The molecular weight excluding hydrogens is 307 g/mol. The van der Waals surface area contributed by atoms with E-state index in [1.165, 1.54) is 18.8 Å². The van der Waals surface area contributed by atoms with Gasteiger partial charge in [-0.1, -0.05) is 0 Å². The lowest BCUT2D eigenvalue weighted by atomic mass is 10.3. The van der Waals surface area contributed by atoms with Crippen LogP contribution in [0.25, 0.3) is 4.91 Å². The van der Waals surface area contributed by atoms with E-state index in [4.69, 9.17) is 0 Å². The number of allylic oxidation sites excluding steroid dienone is 2. The predicted octanol–water partition coefficient (Wildman–Crippen LogP) is 3.62. The molecule has 1 aliphatic heterocycles. The molecule has 0 saturated heterocycles. The van der Waals surface area contributed by atoms with Gasteiger partial charge in [-0.2, -0.15) is 18.3 Å². The van der Waals surface area contributed by atoms with Gasteiger partial charge in [-0.05, 0) is 44.3 Å². The van der Waals surface area contributed by atoms with E-state index in [0.29, 0.717) is 5.69 Å². The maximum atomic E-state index is 12.7. The molecule has 2 rings (SSSR count). The van der Waals surface area contributed by atoms with Crippen LogP contribution in [0.4, 0.5) is 13.2 Å². The molecule has 0 aromatic carbocycles. The Morgan fingerprint density at radius 3 is 2.50 bits per heavy atom. The number of hydrogen-bond donors (Lipinski definition) is 0. The highest BCUT2D eigenvalue weighted by Crippen LogP contribution is 2.38. The van der Waals surface area contributed by atoms with Gasteiger partial charge in [-0.15, -0.1) is 11.8 Å². The minimum Gasteiger partial charge on any atom is -0.263 e. The molecule has 0 unspecified atom stereocenters. The summed E-state index contributed by atoms with van der Waals surface area (Å²) >= 11 is 3.11. The number of thioether (sulfide) groups is 1. The highest BCUT2D eigenvalue weighted by Gasteiger charge is 2.35. The Labute approximate surface area is 124 Å². The molecule has 0 N–H and O–H groups in total.